The minimum absolute atomic E-state index is 0.0202. The Morgan fingerprint density at radius 3 is 2.51 bits per heavy atom. The summed E-state index contributed by atoms with van der Waals surface area (Å²) in [5.74, 6) is -1.32. The van der Waals surface area contributed by atoms with Gasteiger partial charge in [-0.25, -0.2) is 0 Å². The van der Waals surface area contributed by atoms with Gasteiger partial charge in [-0.15, -0.1) is 0 Å². The number of nitrogens with two attached hydrogens (primary N) is 1. The maximum atomic E-state index is 13.6. The molecule has 0 unspecified atom stereocenters. The fraction of sp³-hybridized carbons (Fsp3) is 0.214. The minimum atomic E-state index is -1.82. The number of nitrogens with zero attached hydrogens (tertiary/aromatic N) is 1. The van der Waals surface area contributed by atoms with Crippen molar-refractivity contribution in [1.29, 1.82) is 0 Å². The zero-order chi connectivity index (χ0) is 25.0. The summed E-state index contributed by atoms with van der Waals surface area (Å²) in [6, 6.07) is 21.3. The summed E-state index contributed by atoms with van der Waals surface area (Å²) in [7, 11) is 0. The minimum Gasteiger partial charge on any atom is -0.399 e. The van der Waals surface area contributed by atoms with Gasteiger partial charge in [-0.2, -0.15) is 0 Å². The molecule has 0 fully saturated rings. The van der Waals surface area contributed by atoms with Gasteiger partial charge < -0.3 is 26.2 Å². The van der Waals surface area contributed by atoms with Crippen LogP contribution in [-0.2, 0) is 16.9 Å². The summed E-state index contributed by atoms with van der Waals surface area (Å²) in [4.78, 5) is 28.0. The van der Waals surface area contributed by atoms with Crippen molar-refractivity contribution < 1.29 is 19.8 Å². The lowest BCUT2D eigenvalue weighted by atomic mass is 9.82. The molecular formula is C28H29N3O4. The van der Waals surface area contributed by atoms with Gasteiger partial charge in [-0.05, 0) is 54.4 Å². The average molecular weight is 472 g/mol. The Hall–Kier alpha value is -3.94. The van der Waals surface area contributed by atoms with Gasteiger partial charge in [0.15, 0.2) is 5.60 Å². The zero-order valence-electron chi connectivity index (χ0n) is 19.5. The quantitative estimate of drug-likeness (QED) is 0.294. The smallest absolute Gasteiger partial charge is 0.264 e. The van der Waals surface area contributed by atoms with Crippen molar-refractivity contribution >= 4 is 28.9 Å². The molecule has 2 amide bonds. The van der Waals surface area contributed by atoms with Gasteiger partial charge in [-0.1, -0.05) is 49.4 Å². The fourth-order valence-corrected chi connectivity index (χ4v) is 4.30. The molecule has 1 aliphatic rings. The van der Waals surface area contributed by atoms with Crippen LogP contribution in [0.1, 0.15) is 34.8 Å². The van der Waals surface area contributed by atoms with Crippen LogP contribution < -0.4 is 16.0 Å². The first-order chi connectivity index (χ1) is 16.8. The molecule has 0 aliphatic carbocycles. The second-order valence-corrected chi connectivity index (χ2v) is 8.68. The summed E-state index contributed by atoms with van der Waals surface area (Å²) in [5, 5.41) is 23.8. The summed E-state index contributed by atoms with van der Waals surface area (Å²) in [5.41, 5.74) is 7.30. The maximum absolute atomic E-state index is 13.6. The van der Waals surface area contributed by atoms with Crippen LogP contribution in [0, 0.1) is 5.92 Å². The van der Waals surface area contributed by atoms with Crippen molar-refractivity contribution in [2.75, 3.05) is 22.6 Å². The third-order valence-electron chi connectivity index (χ3n) is 6.26. The van der Waals surface area contributed by atoms with Crippen LogP contribution in [0.25, 0.3) is 0 Å². The first kappa shape index (κ1) is 24.2. The van der Waals surface area contributed by atoms with E-state index < -0.39 is 17.4 Å². The van der Waals surface area contributed by atoms with E-state index in [4.69, 9.17) is 10.8 Å². The normalized spacial score (nSPS) is 18.0. The molecule has 0 saturated carbocycles. The van der Waals surface area contributed by atoms with Gasteiger partial charge in [0.05, 0.1) is 12.2 Å². The van der Waals surface area contributed by atoms with E-state index in [1.165, 1.54) is 0 Å². The number of hydrogen-bond acceptors (Lipinski definition) is 5. The Labute approximate surface area is 204 Å². The van der Waals surface area contributed by atoms with E-state index in [0.717, 1.165) is 5.56 Å². The summed E-state index contributed by atoms with van der Waals surface area (Å²) in [6.45, 7) is 2.05. The van der Waals surface area contributed by atoms with Gasteiger partial charge in [-0.3, -0.25) is 9.59 Å². The fourth-order valence-electron chi connectivity index (χ4n) is 4.30. The van der Waals surface area contributed by atoms with Crippen molar-refractivity contribution in [3.63, 3.8) is 0 Å². The second-order valence-electron chi connectivity index (χ2n) is 8.68. The molecule has 0 aromatic heterocycles. The van der Waals surface area contributed by atoms with E-state index in [-0.39, 0.29) is 12.5 Å². The van der Waals surface area contributed by atoms with Crippen LogP contribution in [0.4, 0.5) is 17.1 Å². The van der Waals surface area contributed by atoms with E-state index in [1.54, 1.807) is 66.4 Å². The van der Waals surface area contributed by atoms with Crippen LogP contribution >= 0.6 is 0 Å². The molecule has 0 radical (unpaired) electrons. The van der Waals surface area contributed by atoms with Gasteiger partial charge >= 0.3 is 0 Å². The lowest BCUT2D eigenvalue weighted by molar-refractivity contribution is -0.139. The van der Waals surface area contributed by atoms with Crippen LogP contribution in [0.3, 0.4) is 0 Å². The van der Waals surface area contributed by atoms with Crippen LogP contribution in [0.5, 0.6) is 0 Å². The highest BCUT2D eigenvalue weighted by Crippen LogP contribution is 2.46. The number of nitrogens with one attached hydrogen (secondary N) is 1. The SMILES string of the molecule is C[C@@H](/C=C/CCO)[C@]1(O)C(=O)N(Cc2ccccc2)c2ccc(NC(=O)c3ccc(N)cc3)cc21. The van der Waals surface area contributed by atoms with E-state index >= 15 is 0 Å². The summed E-state index contributed by atoms with van der Waals surface area (Å²) < 4.78 is 0. The summed E-state index contributed by atoms with van der Waals surface area (Å²) >= 11 is 0. The second kappa shape index (κ2) is 10.1. The molecule has 4 rings (SSSR count). The molecule has 180 valence electrons. The Kier molecular flexibility index (Phi) is 7.00. The van der Waals surface area contributed by atoms with E-state index in [0.29, 0.717) is 41.2 Å². The highest BCUT2D eigenvalue weighted by molar-refractivity contribution is 6.09. The number of hydrogen-bond donors (Lipinski definition) is 4. The molecule has 5 N–H and O–H groups in total. The first-order valence-electron chi connectivity index (χ1n) is 11.5. The van der Waals surface area contributed by atoms with Gasteiger partial charge in [0.1, 0.15) is 0 Å². The third kappa shape index (κ3) is 4.82. The number of fused-ring (bicyclic) bond motifs is 1. The Bertz CT molecular complexity index is 1240. The van der Waals surface area contributed by atoms with Crippen molar-refractivity contribution in [1.82, 2.24) is 0 Å². The van der Waals surface area contributed by atoms with Crippen LogP contribution in [0.2, 0.25) is 0 Å². The predicted octanol–water partition coefficient (Wildman–Crippen LogP) is 3.83. The van der Waals surface area contributed by atoms with Gasteiger partial charge in [0, 0.05) is 35.0 Å². The largest absolute Gasteiger partial charge is 0.399 e. The Morgan fingerprint density at radius 2 is 1.83 bits per heavy atom. The molecule has 3 aromatic rings. The molecule has 35 heavy (non-hydrogen) atoms. The molecule has 1 heterocycles. The Balaban J connectivity index is 1.70. The highest BCUT2D eigenvalue weighted by Gasteiger charge is 2.52. The van der Waals surface area contributed by atoms with Crippen molar-refractivity contribution in [2.45, 2.75) is 25.5 Å². The van der Waals surface area contributed by atoms with Crippen molar-refractivity contribution in [3.05, 3.63) is 102 Å². The number of rotatable bonds is 8. The molecule has 0 saturated heterocycles. The molecule has 7 heteroatoms. The van der Waals surface area contributed by atoms with Crippen molar-refractivity contribution in [3.8, 4) is 0 Å². The van der Waals surface area contributed by atoms with E-state index in [2.05, 4.69) is 5.32 Å². The first-order valence-corrected chi connectivity index (χ1v) is 11.5. The number of carbonyl (C=O) groups is 2. The van der Waals surface area contributed by atoms with Crippen molar-refractivity contribution in [2.24, 2.45) is 5.92 Å². The van der Waals surface area contributed by atoms with Crippen LogP contribution in [0.15, 0.2) is 84.9 Å². The number of carbonyl (C=O) groups excluding carboxylic acids is 2. The number of aliphatic hydroxyl groups is 2. The van der Waals surface area contributed by atoms with Crippen LogP contribution in [-0.4, -0.2) is 28.6 Å². The average Bonchev–Trinajstić information content (AvgIpc) is 3.07. The number of nitrogen functional groups attached to an aromatic ring is 1. The number of amides is 2. The zero-order valence-corrected chi connectivity index (χ0v) is 19.5. The summed E-state index contributed by atoms with van der Waals surface area (Å²) in [6.07, 6.45) is 3.92. The maximum Gasteiger partial charge on any atom is 0.264 e. The molecule has 7 nitrogen and oxygen atoms in total. The van der Waals surface area contributed by atoms with Gasteiger partial charge in [0.25, 0.3) is 11.8 Å². The Morgan fingerprint density at radius 1 is 1.11 bits per heavy atom. The molecule has 0 spiro atoms. The number of aliphatic hydroxyl groups excluding tert-OH is 1. The number of anilines is 3. The predicted molar refractivity (Wildman–Crippen MR) is 137 cm³/mol. The lowest BCUT2D eigenvalue weighted by Crippen LogP contribution is -2.44. The monoisotopic (exact) mass is 471 g/mol. The molecule has 2 atom stereocenters. The molecule has 1 aliphatic heterocycles. The lowest BCUT2D eigenvalue weighted by Gasteiger charge is -2.28. The van der Waals surface area contributed by atoms with E-state index in [1.807, 2.05) is 30.3 Å². The highest BCUT2D eigenvalue weighted by atomic mass is 16.3. The molecule has 0 bridgehead atoms. The topological polar surface area (TPSA) is 116 Å². The van der Waals surface area contributed by atoms with Gasteiger partial charge in [0.2, 0.25) is 0 Å². The number of benzene rings is 3. The van der Waals surface area contributed by atoms with E-state index in [9.17, 15) is 14.7 Å². The molecular weight excluding hydrogens is 442 g/mol. The molecule has 3 aromatic carbocycles. The third-order valence-corrected chi connectivity index (χ3v) is 6.26. The standard InChI is InChI=1S/C28H29N3O4/c1-19(7-5-6-16-32)28(35)24-17-23(30-26(33)21-10-12-22(29)13-11-21)14-15-25(24)31(27(28)34)18-20-8-3-2-4-9-20/h2-5,7-15,17,19,32,35H,6,16,18,29H2,1H3,(H,30,33)/b7-5+/t19-,28+/m0/s1.